The maximum atomic E-state index is 14.8. The first-order valence-electron chi connectivity index (χ1n) is 22.5. The number of fused-ring (bicyclic) bond motifs is 5. The summed E-state index contributed by atoms with van der Waals surface area (Å²) in [6.07, 6.45) is 9.88. The van der Waals surface area contributed by atoms with E-state index in [9.17, 15) is 14.4 Å². The van der Waals surface area contributed by atoms with Gasteiger partial charge in [0.1, 0.15) is 23.7 Å². The Morgan fingerprint density at radius 3 is 2.13 bits per heavy atom. The van der Waals surface area contributed by atoms with Crippen LogP contribution in [0.3, 0.4) is 0 Å². The zero-order valence-corrected chi connectivity index (χ0v) is 35.8. The van der Waals surface area contributed by atoms with Gasteiger partial charge in [-0.25, -0.2) is 14.8 Å². The first-order chi connectivity index (χ1) is 30.2. The van der Waals surface area contributed by atoms with Gasteiger partial charge in [-0.3, -0.25) is 14.5 Å². The van der Waals surface area contributed by atoms with Crippen LogP contribution in [0.25, 0.3) is 33.6 Å². The lowest BCUT2D eigenvalue weighted by Crippen LogP contribution is -2.51. The van der Waals surface area contributed by atoms with Crippen molar-refractivity contribution in [3.8, 4) is 33.6 Å². The summed E-state index contributed by atoms with van der Waals surface area (Å²) < 4.78 is 10.5. The van der Waals surface area contributed by atoms with Gasteiger partial charge in [0.05, 0.1) is 56.2 Å². The minimum Gasteiger partial charge on any atom is -0.453 e. The van der Waals surface area contributed by atoms with E-state index in [2.05, 4.69) is 73.6 Å². The van der Waals surface area contributed by atoms with Crippen LogP contribution in [0.5, 0.6) is 0 Å². The fraction of sp³-hybridized carbons (Fsp3) is 0.449. The van der Waals surface area contributed by atoms with E-state index in [1.807, 2.05) is 49.3 Å². The zero-order valence-electron chi connectivity index (χ0n) is 35.8. The molecular formula is C49H56N8O5. The van der Waals surface area contributed by atoms with Crippen molar-refractivity contribution in [2.75, 3.05) is 40.0 Å². The van der Waals surface area contributed by atoms with E-state index in [4.69, 9.17) is 19.4 Å². The molecule has 10 rings (SSSR count). The number of alkyl carbamates (subject to hydrolysis) is 1. The number of nitrogens with one attached hydrogen (secondary N) is 3. The number of aryl methyl sites for hydroxylation is 2. The van der Waals surface area contributed by atoms with E-state index in [0.29, 0.717) is 25.7 Å². The summed E-state index contributed by atoms with van der Waals surface area (Å²) in [5, 5.41) is 2.73. The van der Waals surface area contributed by atoms with E-state index in [1.54, 1.807) is 0 Å². The minimum absolute atomic E-state index is 0.0703. The fourth-order valence-electron chi connectivity index (χ4n) is 11.0. The molecule has 2 aromatic heterocycles. The quantitative estimate of drug-likeness (QED) is 0.132. The van der Waals surface area contributed by atoms with Gasteiger partial charge in [-0.2, -0.15) is 0 Å². The highest BCUT2D eigenvalue weighted by Gasteiger charge is 2.52. The van der Waals surface area contributed by atoms with Crippen LogP contribution >= 0.6 is 0 Å². The van der Waals surface area contributed by atoms with Crippen LogP contribution in [0.1, 0.15) is 92.4 Å². The maximum Gasteiger partial charge on any atom is 0.407 e. The molecule has 6 atom stereocenters. The van der Waals surface area contributed by atoms with Gasteiger partial charge in [-0.15, -0.1) is 0 Å². The second kappa shape index (κ2) is 16.8. The Morgan fingerprint density at radius 2 is 1.47 bits per heavy atom. The Hall–Kier alpha value is -5.79. The number of ether oxygens (including phenoxy) is 2. The molecule has 2 bridgehead atoms. The van der Waals surface area contributed by atoms with Gasteiger partial charge in [-0.05, 0) is 108 Å². The van der Waals surface area contributed by atoms with Crippen molar-refractivity contribution in [1.82, 2.24) is 40.0 Å². The zero-order chi connectivity index (χ0) is 42.5. The standard InChI is InChI=1S/C49H56N8O5/c1-29(2)42(54-49(60)61-3)47(58)56-19-7-10-41(56)45-50-27-39(52-45)33-14-17-37-31(24-33)11-12-32-25-34(15-18-38(32)37)40-28-51-46(53-40)43-35-13-16-36(26-35)57(43)48(59)44(30-8-5-4-6-9-30)55-20-22-62-23-21-55/h4-6,8-9,14-15,17-18,24-25,27-29,35-36,41-44H,7,10-13,16,19-23,26H2,1-3H3,(H,50,52)(H,51,53)(H,54,60)/t35-,36+,41-,42-,43-,44+/m0/s1. The monoisotopic (exact) mass is 836 g/mol. The maximum absolute atomic E-state index is 14.8. The highest BCUT2D eigenvalue weighted by molar-refractivity contribution is 5.87. The number of benzene rings is 3. The lowest BCUT2D eigenvalue weighted by atomic mass is 9.83. The molecule has 2 aliphatic carbocycles. The van der Waals surface area contributed by atoms with Crippen LogP contribution in [-0.4, -0.2) is 105 Å². The molecule has 0 spiro atoms. The molecule has 5 aliphatic rings. The van der Waals surface area contributed by atoms with Crippen LogP contribution in [0, 0.1) is 11.8 Å². The number of methoxy groups -OCH3 is 1. The third-order valence-corrected chi connectivity index (χ3v) is 14.1. The van der Waals surface area contributed by atoms with Crippen molar-refractivity contribution >= 4 is 17.9 Å². The molecule has 5 aromatic rings. The molecule has 0 unspecified atom stereocenters. The van der Waals surface area contributed by atoms with Gasteiger partial charge in [-0.1, -0.05) is 68.4 Å². The summed E-state index contributed by atoms with van der Waals surface area (Å²) in [6, 6.07) is 22.6. The topological polar surface area (TPSA) is 149 Å². The lowest BCUT2D eigenvalue weighted by Gasteiger charge is -2.41. The number of aromatic amines is 2. The molecule has 3 N–H and O–H groups in total. The number of likely N-dealkylation sites (tertiary alicyclic amines) is 2. The lowest BCUT2D eigenvalue weighted by molar-refractivity contribution is -0.144. The molecule has 3 aliphatic heterocycles. The molecule has 3 saturated heterocycles. The molecule has 13 heteroatoms. The van der Waals surface area contributed by atoms with Crippen molar-refractivity contribution in [2.24, 2.45) is 11.8 Å². The van der Waals surface area contributed by atoms with E-state index >= 15 is 0 Å². The number of hydrogen-bond acceptors (Lipinski definition) is 8. The first kappa shape index (κ1) is 40.3. The van der Waals surface area contributed by atoms with Crippen molar-refractivity contribution in [3.05, 3.63) is 107 Å². The average Bonchev–Trinajstić information content (AvgIpc) is 4.17. The molecular weight excluding hydrogens is 781 g/mol. The van der Waals surface area contributed by atoms with Gasteiger partial charge >= 0.3 is 6.09 Å². The molecule has 4 fully saturated rings. The van der Waals surface area contributed by atoms with Crippen molar-refractivity contribution < 1.29 is 23.9 Å². The molecule has 3 aromatic carbocycles. The van der Waals surface area contributed by atoms with E-state index in [0.717, 1.165) is 97.8 Å². The van der Waals surface area contributed by atoms with Crippen molar-refractivity contribution in [2.45, 2.75) is 89.0 Å². The van der Waals surface area contributed by atoms with Gasteiger partial charge in [0.2, 0.25) is 11.8 Å². The molecule has 1 saturated carbocycles. The third kappa shape index (κ3) is 7.38. The summed E-state index contributed by atoms with van der Waals surface area (Å²) in [5.41, 5.74) is 10.2. The predicted octanol–water partition coefficient (Wildman–Crippen LogP) is 7.40. The number of H-pyrrole nitrogens is 2. The van der Waals surface area contributed by atoms with Gasteiger partial charge in [0.25, 0.3) is 0 Å². The summed E-state index contributed by atoms with van der Waals surface area (Å²) in [4.78, 5) is 63.8. The Balaban J connectivity index is 0.859. The summed E-state index contributed by atoms with van der Waals surface area (Å²) in [5.74, 6) is 1.99. The molecule has 322 valence electrons. The number of hydrogen-bond donors (Lipinski definition) is 3. The highest BCUT2D eigenvalue weighted by Crippen LogP contribution is 2.51. The molecule has 13 nitrogen and oxygen atoms in total. The second-order valence-corrected chi connectivity index (χ2v) is 18.0. The Morgan fingerprint density at radius 1 is 0.806 bits per heavy atom. The number of piperidine rings is 1. The SMILES string of the molecule is COC(=O)N[C@H](C(=O)N1CCC[C@H]1c1ncc(-c2ccc3c(c2)CCc2cc(-c4cnc([C@@H]5[C@H]6CC[C@H](C6)N5C(=O)[C@@H](c5ccccc5)N5CCOCC5)[nH]4)ccc2-3)[nH]1)C(C)C. The number of rotatable bonds is 10. The van der Waals surface area contributed by atoms with Gasteiger partial charge < -0.3 is 34.6 Å². The Bertz CT molecular complexity index is 2460. The summed E-state index contributed by atoms with van der Waals surface area (Å²) in [7, 11) is 1.31. The Kier molecular flexibility index (Phi) is 10.9. The fourth-order valence-corrected chi connectivity index (χ4v) is 11.0. The Labute approximate surface area is 362 Å². The number of imidazole rings is 2. The third-order valence-electron chi connectivity index (χ3n) is 14.1. The minimum atomic E-state index is -0.677. The number of carbonyl (C=O) groups excluding carboxylic acids is 3. The van der Waals surface area contributed by atoms with E-state index in [-0.39, 0.29) is 41.9 Å². The van der Waals surface area contributed by atoms with Gasteiger partial charge in [0, 0.05) is 25.7 Å². The number of aromatic nitrogens is 4. The first-order valence-corrected chi connectivity index (χ1v) is 22.5. The van der Waals surface area contributed by atoms with Crippen LogP contribution in [-0.2, 0) is 31.9 Å². The number of amides is 3. The van der Waals surface area contributed by atoms with E-state index < -0.39 is 12.1 Å². The molecule has 3 amide bonds. The van der Waals surface area contributed by atoms with Crippen molar-refractivity contribution in [3.63, 3.8) is 0 Å². The number of morpholine rings is 1. The molecule has 0 radical (unpaired) electrons. The predicted molar refractivity (Wildman–Crippen MR) is 235 cm³/mol. The average molecular weight is 837 g/mol. The number of nitrogens with zero attached hydrogens (tertiary/aromatic N) is 5. The normalized spacial score (nSPS) is 23.0. The number of carbonyl (C=O) groups is 3. The molecule has 5 heterocycles. The highest BCUT2D eigenvalue weighted by atomic mass is 16.5. The largest absolute Gasteiger partial charge is 0.453 e. The second-order valence-electron chi connectivity index (χ2n) is 18.0. The van der Waals surface area contributed by atoms with Gasteiger partial charge in [0.15, 0.2) is 0 Å². The van der Waals surface area contributed by atoms with Crippen LogP contribution < -0.4 is 5.32 Å². The van der Waals surface area contributed by atoms with Crippen molar-refractivity contribution in [1.29, 1.82) is 0 Å². The smallest absolute Gasteiger partial charge is 0.407 e. The van der Waals surface area contributed by atoms with Crippen LogP contribution in [0.2, 0.25) is 0 Å². The van der Waals surface area contributed by atoms with E-state index in [1.165, 1.54) is 29.4 Å². The van der Waals surface area contributed by atoms with Crippen LogP contribution in [0.15, 0.2) is 79.1 Å². The van der Waals surface area contributed by atoms with Crippen LogP contribution in [0.4, 0.5) is 4.79 Å². The summed E-state index contributed by atoms with van der Waals surface area (Å²) in [6.45, 7) is 7.20. The summed E-state index contributed by atoms with van der Waals surface area (Å²) >= 11 is 0. The molecule has 62 heavy (non-hydrogen) atoms.